The van der Waals surface area contributed by atoms with Crippen LogP contribution in [0.15, 0.2) is 29.4 Å². The Morgan fingerprint density at radius 2 is 2.00 bits per heavy atom. The molecule has 1 aromatic carbocycles. The van der Waals surface area contributed by atoms with E-state index < -0.39 is 0 Å². The van der Waals surface area contributed by atoms with Gasteiger partial charge in [-0.1, -0.05) is 41.9 Å². The largest absolute Gasteiger partial charge is 0.409 e. The van der Waals surface area contributed by atoms with Gasteiger partial charge >= 0.3 is 0 Å². The monoisotopic (exact) mass is 249 g/mol. The van der Waals surface area contributed by atoms with Crippen LogP contribution >= 0.6 is 0 Å². The molecule has 0 saturated heterocycles. The summed E-state index contributed by atoms with van der Waals surface area (Å²) >= 11 is 0. The topological polar surface area (TPSA) is 61.9 Å². The number of aryl methyl sites for hydroxylation is 1. The van der Waals surface area contributed by atoms with Crippen molar-refractivity contribution in [2.75, 3.05) is 7.05 Å². The molecule has 0 aliphatic rings. The van der Waals surface area contributed by atoms with Gasteiger partial charge in [-0.2, -0.15) is 0 Å². The lowest BCUT2D eigenvalue weighted by Crippen LogP contribution is -2.34. The maximum Gasteiger partial charge on any atom is 0.140 e. The van der Waals surface area contributed by atoms with Crippen molar-refractivity contribution in [2.45, 2.75) is 39.3 Å². The Labute approximate surface area is 109 Å². The van der Waals surface area contributed by atoms with E-state index in [9.17, 15) is 0 Å². The molecule has 1 aromatic rings. The van der Waals surface area contributed by atoms with Crippen molar-refractivity contribution < 1.29 is 5.21 Å². The van der Waals surface area contributed by atoms with Crippen LogP contribution in [0.3, 0.4) is 0 Å². The second-order valence-electron chi connectivity index (χ2n) is 4.76. The highest BCUT2D eigenvalue weighted by Crippen LogP contribution is 2.12. The zero-order chi connectivity index (χ0) is 13.5. The number of hydrogen-bond acceptors (Lipinski definition) is 3. The van der Waals surface area contributed by atoms with Crippen LogP contribution in [0.5, 0.6) is 0 Å². The third-order valence-corrected chi connectivity index (χ3v) is 3.22. The summed E-state index contributed by atoms with van der Waals surface area (Å²) in [6, 6.07) is 8.81. The Kier molecular flexibility index (Phi) is 5.65. The van der Waals surface area contributed by atoms with Gasteiger partial charge in [-0.15, -0.1) is 0 Å². The molecule has 100 valence electrons. The first-order valence-electron chi connectivity index (χ1n) is 6.29. The summed E-state index contributed by atoms with van der Waals surface area (Å²) < 4.78 is 0. The van der Waals surface area contributed by atoms with Crippen molar-refractivity contribution in [2.24, 2.45) is 10.9 Å². The lowest BCUT2D eigenvalue weighted by atomic mass is 10.1. The van der Waals surface area contributed by atoms with E-state index in [0.29, 0.717) is 12.5 Å². The smallest absolute Gasteiger partial charge is 0.140 e. The van der Waals surface area contributed by atoms with Crippen LogP contribution in [0, 0.1) is 6.92 Å². The minimum absolute atomic E-state index is 0.289. The van der Waals surface area contributed by atoms with E-state index in [1.54, 1.807) is 0 Å². The second-order valence-corrected chi connectivity index (χ2v) is 4.76. The first kappa shape index (κ1) is 14.5. The Morgan fingerprint density at radius 1 is 1.39 bits per heavy atom. The Hall–Kier alpha value is -1.55. The normalized spacial score (nSPS) is 13.9. The van der Waals surface area contributed by atoms with Gasteiger partial charge in [-0.3, -0.25) is 4.90 Å². The molecule has 1 unspecified atom stereocenters. The zero-order valence-corrected chi connectivity index (χ0v) is 11.4. The molecular formula is C14H23N3O. The van der Waals surface area contributed by atoms with E-state index in [-0.39, 0.29) is 5.84 Å². The van der Waals surface area contributed by atoms with Crippen LogP contribution in [-0.2, 0) is 6.54 Å². The highest BCUT2D eigenvalue weighted by Gasteiger charge is 2.14. The van der Waals surface area contributed by atoms with Crippen LogP contribution in [0.25, 0.3) is 0 Å². The highest BCUT2D eigenvalue weighted by atomic mass is 16.4. The molecule has 4 nitrogen and oxygen atoms in total. The zero-order valence-electron chi connectivity index (χ0n) is 11.4. The van der Waals surface area contributed by atoms with Crippen LogP contribution in [0.2, 0.25) is 0 Å². The van der Waals surface area contributed by atoms with Crippen LogP contribution < -0.4 is 5.73 Å². The quantitative estimate of drug-likeness (QED) is 0.352. The molecule has 0 aliphatic carbocycles. The molecule has 0 bridgehead atoms. The molecule has 0 saturated carbocycles. The minimum atomic E-state index is 0.289. The molecule has 3 N–H and O–H groups in total. The lowest BCUT2D eigenvalue weighted by molar-refractivity contribution is 0.230. The third-order valence-electron chi connectivity index (χ3n) is 3.22. The first-order valence-corrected chi connectivity index (χ1v) is 6.29. The van der Waals surface area contributed by atoms with Gasteiger partial charge in [0.2, 0.25) is 0 Å². The van der Waals surface area contributed by atoms with Crippen molar-refractivity contribution >= 4 is 5.84 Å². The Balaban J connectivity index is 2.61. The van der Waals surface area contributed by atoms with Crippen molar-refractivity contribution in [1.29, 1.82) is 0 Å². The molecule has 1 rings (SSSR count). The average Bonchev–Trinajstić information content (AvgIpc) is 2.38. The molecule has 1 atom stereocenters. The van der Waals surface area contributed by atoms with E-state index in [4.69, 9.17) is 10.9 Å². The maximum atomic E-state index is 8.63. The molecule has 0 aromatic heterocycles. The summed E-state index contributed by atoms with van der Waals surface area (Å²) in [4.78, 5) is 2.24. The summed E-state index contributed by atoms with van der Waals surface area (Å²) in [7, 11) is 2.07. The Bertz CT molecular complexity index is 387. The van der Waals surface area contributed by atoms with Gasteiger partial charge in [0.1, 0.15) is 5.84 Å². The molecule has 0 heterocycles. The number of hydrogen-bond donors (Lipinski definition) is 2. The molecule has 18 heavy (non-hydrogen) atoms. The van der Waals surface area contributed by atoms with Crippen molar-refractivity contribution in [3.05, 3.63) is 35.4 Å². The van der Waals surface area contributed by atoms with Gasteiger partial charge in [0.25, 0.3) is 0 Å². The number of amidine groups is 1. The summed E-state index contributed by atoms with van der Waals surface area (Å²) in [6.45, 7) is 5.07. The summed E-state index contributed by atoms with van der Waals surface area (Å²) in [5.74, 6) is 0.289. The predicted molar refractivity (Wildman–Crippen MR) is 74.8 cm³/mol. The van der Waals surface area contributed by atoms with Crippen molar-refractivity contribution in [3.8, 4) is 0 Å². The number of benzene rings is 1. The van der Waals surface area contributed by atoms with E-state index in [1.807, 2.05) is 0 Å². The molecule has 0 fully saturated rings. The summed E-state index contributed by atoms with van der Waals surface area (Å²) in [5.41, 5.74) is 8.12. The van der Waals surface area contributed by atoms with Crippen LogP contribution in [0.1, 0.15) is 30.9 Å². The predicted octanol–water partition coefficient (Wildman–Crippen LogP) is 2.34. The van der Waals surface area contributed by atoms with E-state index in [0.717, 1.165) is 13.0 Å². The second kappa shape index (κ2) is 7.01. The number of rotatable bonds is 6. The first-order chi connectivity index (χ1) is 8.56. The van der Waals surface area contributed by atoms with E-state index >= 15 is 0 Å². The Morgan fingerprint density at radius 3 is 2.50 bits per heavy atom. The average molecular weight is 249 g/mol. The van der Waals surface area contributed by atoms with Gasteiger partial charge in [-0.25, -0.2) is 0 Å². The number of nitrogens with zero attached hydrogens (tertiary/aromatic N) is 2. The SMILES string of the molecule is CCC(C/C(N)=N/O)N(C)Cc1ccc(C)cc1. The standard InChI is InChI=1S/C14H23N3O/c1-4-13(9-14(15)16-18)17(3)10-12-7-5-11(2)6-8-12/h5-8,13,18H,4,9-10H2,1-3H3,(H2,15,16). The van der Waals surface area contributed by atoms with Crippen molar-refractivity contribution in [1.82, 2.24) is 4.90 Å². The van der Waals surface area contributed by atoms with Gasteiger partial charge < -0.3 is 10.9 Å². The van der Waals surface area contributed by atoms with Crippen LogP contribution in [0.4, 0.5) is 0 Å². The van der Waals surface area contributed by atoms with Crippen molar-refractivity contribution in [3.63, 3.8) is 0 Å². The molecule has 0 aliphatic heterocycles. The fourth-order valence-corrected chi connectivity index (χ4v) is 2.00. The van der Waals surface area contributed by atoms with Gasteiger partial charge in [0, 0.05) is 19.0 Å². The fraction of sp³-hybridized carbons (Fsp3) is 0.500. The molecule has 0 radical (unpaired) electrons. The molecule has 0 spiro atoms. The molecule has 0 amide bonds. The minimum Gasteiger partial charge on any atom is -0.409 e. The van der Waals surface area contributed by atoms with Gasteiger partial charge in [0.05, 0.1) is 0 Å². The fourth-order valence-electron chi connectivity index (χ4n) is 2.00. The molecule has 4 heteroatoms. The molecular weight excluding hydrogens is 226 g/mol. The highest BCUT2D eigenvalue weighted by molar-refractivity contribution is 5.80. The van der Waals surface area contributed by atoms with E-state index in [1.165, 1.54) is 11.1 Å². The maximum absolute atomic E-state index is 8.63. The van der Waals surface area contributed by atoms with E-state index in [2.05, 4.69) is 55.2 Å². The summed E-state index contributed by atoms with van der Waals surface area (Å²) in [5, 5.41) is 11.7. The lowest BCUT2D eigenvalue weighted by Gasteiger charge is -2.26. The van der Waals surface area contributed by atoms with Crippen LogP contribution in [-0.4, -0.2) is 29.0 Å². The van der Waals surface area contributed by atoms with Gasteiger partial charge in [0.15, 0.2) is 0 Å². The summed E-state index contributed by atoms with van der Waals surface area (Å²) in [6.07, 6.45) is 1.56. The number of oxime groups is 1. The van der Waals surface area contributed by atoms with Gasteiger partial charge in [-0.05, 0) is 26.0 Å². The third kappa shape index (κ3) is 4.37. The number of nitrogens with two attached hydrogens (primary N) is 1.